The van der Waals surface area contributed by atoms with Crippen LogP contribution in [0.3, 0.4) is 0 Å². The van der Waals surface area contributed by atoms with Crippen molar-refractivity contribution in [1.29, 1.82) is 0 Å². The summed E-state index contributed by atoms with van der Waals surface area (Å²) in [6.45, 7) is 6.08. The zero-order valence-electron chi connectivity index (χ0n) is 11.6. The second-order valence-corrected chi connectivity index (χ2v) is 4.36. The monoisotopic (exact) mass is 244 g/mol. The number of hydrogen-bond donors (Lipinski definition) is 2. The molecule has 1 amide bonds. The van der Waals surface area contributed by atoms with E-state index in [4.69, 9.17) is 4.74 Å². The molecule has 0 bridgehead atoms. The SMILES string of the molecule is CCCCC(CCC)NC(=O)CNCCOC. The smallest absolute Gasteiger partial charge is 0.234 e. The average Bonchev–Trinajstić information content (AvgIpc) is 2.32. The van der Waals surface area contributed by atoms with Gasteiger partial charge in [0.2, 0.25) is 5.91 Å². The molecular weight excluding hydrogens is 216 g/mol. The van der Waals surface area contributed by atoms with Gasteiger partial charge in [0.25, 0.3) is 0 Å². The minimum atomic E-state index is 0.0932. The summed E-state index contributed by atoms with van der Waals surface area (Å²) in [7, 11) is 1.66. The first-order valence-corrected chi connectivity index (χ1v) is 6.73. The maximum absolute atomic E-state index is 11.6. The first-order chi connectivity index (χ1) is 8.24. The zero-order valence-corrected chi connectivity index (χ0v) is 11.6. The quantitative estimate of drug-likeness (QED) is 0.544. The molecule has 4 heteroatoms. The number of amides is 1. The highest BCUT2D eigenvalue weighted by Crippen LogP contribution is 2.06. The minimum absolute atomic E-state index is 0.0932. The molecule has 0 aliphatic carbocycles. The van der Waals surface area contributed by atoms with Crippen LogP contribution in [0.15, 0.2) is 0 Å². The second-order valence-electron chi connectivity index (χ2n) is 4.36. The summed E-state index contributed by atoms with van der Waals surface area (Å²) >= 11 is 0. The highest BCUT2D eigenvalue weighted by Gasteiger charge is 2.10. The van der Waals surface area contributed by atoms with Gasteiger partial charge in [-0.2, -0.15) is 0 Å². The van der Waals surface area contributed by atoms with Crippen molar-refractivity contribution in [3.8, 4) is 0 Å². The molecule has 0 spiro atoms. The lowest BCUT2D eigenvalue weighted by Gasteiger charge is -2.18. The number of methoxy groups -OCH3 is 1. The van der Waals surface area contributed by atoms with Crippen LogP contribution in [0.1, 0.15) is 46.0 Å². The van der Waals surface area contributed by atoms with Gasteiger partial charge in [0, 0.05) is 19.7 Å². The molecule has 4 nitrogen and oxygen atoms in total. The van der Waals surface area contributed by atoms with Crippen LogP contribution in [0.4, 0.5) is 0 Å². The van der Waals surface area contributed by atoms with Crippen LogP contribution in [-0.2, 0) is 9.53 Å². The van der Waals surface area contributed by atoms with Gasteiger partial charge in [0.15, 0.2) is 0 Å². The van der Waals surface area contributed by atoms with E-state index in [0.717, 1.165) is 25.8 Å². The van der Waals surface area contributed by atoms with Crippen LogP contribution in [0.5, 0.6) is 0 Å². The molecule has 0 fully saturated rings. The Balaban J connectivity index is 3.70. The molecule has 0 rings (SSSR count). The van der Waals surface area contributed by atoms with Crippen molar-refractivity contribution < 1.29 is 9.53 Å². The highest BCUT2D eigenvalue weighted by atomic mass is 16.5. The molecule has 0 saturated carbocycles. The Morgan fingerprint density at radius 1 is 1.24 bits per heavy atom. The summed E-state index contributed by atoms with van der Waals surface area (Å²) in [5, 5.41) is 6.14. The maximum Gasteiger partial charge on any atom is 0.234 e. The fourth-order valence-corrected chi connectivity index (χ4v) is 1.74. The molecule has 0 aliphatic heterocycles. The van der Waals surface area contributed by atoms with Crippen molar-refractivity contribution in [2.24, 2.45) is 0 Å². The first kappa shape index (κ1) is 16.4. The number of unbranched alkanes of at least 4 members (excludes halogenated alkanes) is 1. The Morgan fingerprint density at radius 2 is 2.00 bits per heavy atom. The summed E-state index contributed by atoms with van der Waals surface area (Å²) in [4.78, 5) is 11.6. The lowest BCUT2D eigenvalue weighted by Crippen LogP contribution is -2.41. The normalized spacial score (nSPS) is 12.4. The summed E-state index contributed by atoms with van der Waals surface area (Å²) in [6.07, 6.45) is 5.65. The molecule has 0 aromatic rings. The lowest BCUT2D eigenvalue weighted by atomic mass is 10.1. The van der Waals surface area contributed by atoms with E-state index in [1.54, 1.807) is 7.11 Å². The van der Waals surface area contributed by atoms with Gasteiger partial charge >= 0.3 is 0 Å². The molecule has 2 N–H and O–H groups in total. The third-order valence-corrected chi connectivity index (χ3v) is 2.68. The van der Waals surface area contributed by atoms with Gasteiger partial charge in [-0.15, -0.1) is 0 Å². The summed E-state index contributed by atoms with van der Waals surface area (Å²) < 4.78 is 4.90. The predicted molar refractivity (Wildman–Crippen MR) is 71.1 cm³/mol. The van der Waals surface area contributed by atoms with Crippen molar-refractivity contribution >= 4 is 5.91 Å². The van der Waals surface area contributed by atoms with Crippen LogP contribution in [0.2, 0.25) is 0 Å². The number of nitrogens with one attached hydrogen (secondary N) is 2. The van der Waals surface area contributed by atoms with E-state index >= 15 is 0 Å². The number of hydrogen-bond acceptors (Lipinski definition) is 3. The molecule has 1 unspecified atom stereocenters. The Kier molecular flexibility index (Phi) is 11.4. The summed E-state index contributed by atoms with van der Waals surface area (Å²) in [6, 6.07) is 0.344. The molecule has 0 aliphatic rings. The first-order valence-electron chi connectivity index (χ1n) is 6.73. The van der Waals surface area contributed by atoms with Crippen molar-refractivity contribution in [1.82, 2.24) is 10.6 Å². The second kappa shape index (κ2) is 11.9. The third-order valence-electron chi connectivity index (χ3n) is 2.68. The number of ether oxygens (including phenoxy) is 1. The topological polar surface area (TPSA) is 50.4 Å². The Hall–Kier alpha value is -0.610. The van der Waals surface area contributed by atoms with E-state index in [2.05, 4.69) is 24.5 Å². The van der Waals surface area contributed by atoms with Gasteiger partial charge in [0.05, 0.1) is 13.2 Å². The van der Waals surface area contributed by atoms with Crippen molar-refractivity contribution in [2.75, 3.05) is 26.8 Å². The van der Waals surface area contributed by atoms with Crippen LogP contribution in [-0.4, -0.2) is 38.8 Å². The number of carbonyl (C=O) groups excluding carboxylic acids is 1. The van der Waals surface area contributed by atoms with Gasteiger partial charge in [-0.25, -0.2) is 0 Å². The molecule has 0 aromatic heterocycles. The zero-order chi connectivity index (χ0) is 12.9. The largest absolute Gasteiger partial charge is 0.383 e. The summed E-state index contributed by atoms with van der Waals surface area (Å²) in [5.41, 5.74) is 0. The van der Waals surface area contributed by atoms with Gasteiger partial charge in [0.1, 0.15) is 0 Å². The Morgan fingerprint density at radius 3 is 2.59 bits per heavy atom. The van der Waals surface area contributed by atoms with Gasteiger partial charge in [-0.1, -0.05) is 33.1 Å². The van der Waals surface area contributed by atoms with Crippen LogP contribution < -0.4 is 10.6 Å². The maximum atomic E-state index is 11.6. The fraction of sp³-hybridized carbons (Fsp3) is 0.923. The van der Waals surface area contributed by atoms with Crippen LogP contribution in [0.25, 0.3) is 0 Å². The predicted octanol–water partition coefficient (Wildman–Crippen LogP) is 1.70. The van der Waals surface area contributed by atoms with Crippen molar-refractivity contribution in [3.05, 3.63) is 0 Å². The summed E-state index contributed by atoms with van der Waals surface area (Å²) in [5.74, 6) is 0.0932. The minimum Gasteiger partial charge on any atom is -0.383 e. The molecular formula is C13H28N2O2. The number of carbonyl (C=O) groups is 1. The van der Waals surface area contributed by atoms with Crippen molar-refractivity contribution in [2.45, 2.75) is 52.0 Å². The molecule has 0 heterocycles. The van der Waals surface area contributed by atoms with Crippen LogP contribution >= 0.6 is 0 Å². The van der Waals surface area contributed by atoms with E-state index in [1.807, 2.05) is 0 Å². The van der Waals surface area contributed by atoms with Crippen molar-refractivity contribution in [3.63, 3.8) is 0 Å². The molecule has 1 atom stereocenters. The number of rotatable bonds is 11. The Labute approximate surface area is 105 Å². The molecule has 0 saturated heterocycles. The van der Waals surface area contributed by atoms with E-state index in [9.17, 15) is 4.79 Å². The van der Waals surface area contributed by atoms with Gasteiger partial charge in [-0.3, -0.25) is 4.79 Å². The molecule has 17 heavy (non-hydrogen) atoms. The molecule has 0 aromatic carbocycles. The Bertz CT molecular complexity index is 186. The molecule has 0 radical (unpaired) electrons. The van der Waals surface area contributed by atoms with Gasteiger partial charge in [-0.05, 0) is 12.8 Å². The molecule has 102 valence electrons. The van der Waals surface area contributed by atoms with Gasteiger partial charge < -0.3 is 15.4 Å². The van der Waals surface area contributed by atoms with E-state index < -0.39 is 0 Å². The standard InChI is InChI=1S/C13H28N2O2/c1-4-6-8-12(7-5-2)15-13(16)11-14-9-10-17-3/h12,14H,4-11H2,1-3H3,(H,15,16). The lowest BCUT2D eigenvalue weighted by molar-refractivity contribution is -0.121. The van der Waals surface area contributed by atoms with E-state index in [-0.39, 0.29) is 5.91 Å². The highest BCUT2D eigenvalue weighted by molar-refractivity contribution is 5.78. The third kappa shape index (κ3) is 10.3. The van der Waals surface area contributed by atoms with Crippen LogP contribution in [0, 0.1) is 0 Å². The fourth-order valence-electron chi connectivity index (χ4n) is 1.74. The van der Waals surface area contributed by atoms with E-state index in [1.165, 1.54) is 12.8 Å². The average molecular weight is 244 g/mol. The van der Waals surface area contributed by atoms with E-state index in [0.29, 0.717) is 19.2 Å².